The fraction of sp³-hybridized carbons (Fsp3) is 0.900. The van der Waals surface area contributed by atoms with Crippen LogP contribution >= 0.6 is 0 Å². The molecule has 15 heavy (non-hydrogen) atoms. The SMILES string of the molecule is COCCC(N)C(=O)NCC(C)(C)CO. The highest BCUT2D eigenvalue weighted by Crippen LogP contribution is 2.11. The molecule has 0 aliphatic carbocycles. The molecule has 0 bridgehead atoms. The number of nitrogens with one attached hydrogen (secondary N) is 1. The molecule has 0 saturated heterocycles. The third-order valence-corrected chi connectivity index (χ3v) is 2.14. The van der Waals surface area contributed by atoms with Crippen molar-refractivity contribution >= 4 is 5.91 Å². The predicted molar refractivity (Wildman–Crippen MR) is 58.3 cm³/mol. The summed E-state index contributed by atoms with van der Waals surface area (Å²) in [6.07, 6.45) is 0.502. The molecule has 1 atom stereocenters. The van der Waals surface area contributed by atoms with Crippen LogP contribution in [0.4, 0.5) is 0 Å². The first-order valence-corrected chi connectivity index (χ1v) is 5.06. The van der Waals surface area contributed by atoms with Crippen molar-refractivity contribution in [3.63, 3.8) is 0 Å². The molecule has 0 aliphatic rings. The second kappa shape index (κ2) is 6.76. The van der Waals surface area contributed by atoms with E-state index in [0.29, 0.717) is 19.6 Å². The first-order valence-electron chi connectivity index (χ1n) is 5.06. The minimum atomic E-state index is -0.542. The normalized spacial score (nSPS) is 13.7. The predicted octanol–water partition coefficient (Wildman–Crippen LogP) is -0.515. The van der Waals surface area contributed by atoms with Crippen molar-refractivity contribution in [1.82, 2.24) is 5.32 Å². The molecular weight excluding hydrogens is 196 g/mol. The summed E-state index contributed by atoms with van der Waals surface area (Å²) in [4.78, 5) is 11.4. The number of aliphatic hydroxyl groups is 1. The van der Waals surface area contributed by atoms with Crippen molar-refractivity contribution in [2.45, 2.75) is 26.3 Å². The van der Waals surface area contributed by atoms with E-state index in [1.165, 1.54) is 0 Å². The topological polar surface area (TPSA) is 84.6 Å². The van der Waals surface area contributed by atoms with E-state index < -0.39 is 6.04 Å². The maximum Gasteiger partial charge on any atom is 0.237 e. The number of amides is 1. The zero-order valence-electron chi connectivity index (χ0n) is 9.75. The zero-order chi connectivity index (χ0) is 11.9. The van der Waals surface area contributed by atoms with Crippen molar-refractivity contribution in [3.05, 3.63) is 0 Å². The van der Waals surface area contributed by atoms with Gasteiger partial charge in [-0.25, -0.2) is 0 Å². The van der Waals surface area contributed by atoms with Crippen LogP contribution in [0.5, 0.6) is 0 Å². The quantitative estimate of drug-likeness (QED) is 0.537. The van der Waals surface area contributed by atoms with Crippen molar-refractivity contribution in [2.75, 3.05) is 26.9 Å². The molecule has 0 fully saturated rings. The fourth-order valence-corrected chi connectivity index (χ4v) is 0.889. The summed E-state index contributed by atoms with van der Waals surface area (Å²) in [5.74, 6) is -0.200. The van der Waals surface area contributed by atoms with Gasteiger partial charge in [-0.2, -0.15) is 0 Å². The van der Waals surface area contributed by atoms with Gasteiger partial charge in [0, 0.05) is 32.3 Å². The number of rotatable bonds is 7. The van der Waals surface area contributed by atoms with Gasteiger partial charge in [0.2, 0.25) is 5.91 Å². The lowest BCUT2D eigenvalue weighted by Gasteiger charge is -2.23. The molecule has 0 radical (unpaired) electrons. The van der Waals surface area contributed by atoms with Crippen LogP contribution in [0, 0.1) is 5.41 Å². The monoisotopic (exact) mass is 218 g/mol. The molecule has 4 N–H and O–H groups in total. The Balaban J connectivity index is 3.82. The molecule has 1 unspecified atom stereocenters. The van der Waals surface area contributed by atoms with E-state index in [9.17, 15) is 4.79 Å². The second-order valence-corrected chi connectivity index (χ2v) is 4.43. The van der Waals surface area contributed by atoms with Gasteiger partial charge in [0.15, 0.2) is 0 Å². The Bertz CT molecular complexity index is 195. The number of methoxy groups -OCH3 is 1. The minimum absolute atomic E-state index is 0.0284. The summed E-state index contributed by atoms with van der Waals surface area (Å²) in [5.41, 5.74) is 5.31. The van der Waals surface area contributed by atoms with E-state index in [-0.39, 0.29) is 17.9 Å². The second-order valence-electron chi connectivity index (χ2n) is 4.43. The van der Waals surface area contributed by atoms with Crippen LogP contribution < -0.4 is 11.1 Å². The molecule has 0 aromatic rings. The van der Waals surface area contributed by atoms with E-state index in [1.54, 1.807) is 7.11 Å². The zero-order valence-corrected chi connectivity index (χ0v) is 9.75. The van der Waals surface area contributed by atoms with Crippen LogP contribution in [0.15, 0.2) is 0 Å². The van der Waals surface area contributed by atoms with Crippen LogP contribution in [-0.2, 0) is 9.53 Å². The van der Waals surface area contributed by atoms with Gasteiger partial charge in [0.25, 0.3) is 0 Å². The molecule has 0 aromatic carbocycles. The number of carbonyl (C=O) groups excluding carboxylic acids is 1. The smallest absolute Gasteiger partial charge is 0.237 e. The van der Waals surface area contributed by atoms with Crippen molar-refractivity contribution in [1.29, 1.82) is 0 Å². The molecule has 0 spiro atoms. The van der Waals surface area contributed by atoms with Gasteiger partial charge in [-0.1, -0.05) is 13.8 Å². The molecular formula is C10H22N2O3. The molecule has 0 saturated carbocycles. The highest BCUT2D eigenvalue weighted by atomic mass is 16.5. The van der Waals surface area contributed by atoms with Gasteiger partial charge in [-0.3, -0.25) is 4.79 Å². The molecule has 0 aromatic heterocycles. The minimum Gasteiger partial charge on any atom is -0.396 e. The van der Waals surface area contributed by atoms with Crippen LogP contribution in [0.25, 0.3) is 0 Å². The number of nitrogens with two attached hydrogens (primary N) is 1. The third kappa shape index (κ3) is 6.43. The van der Waals surface area contributed by atoms with E-state index in [1.807, 2.05) is 13.8 Å². The summed E-state index contributed by atoms with van der Waals surface area (Å²) < 4.78 is 4.83. The van der Waals surface area contributed by atoms with Crippen LogP contribution in [0.3, 0.4) is 0 Å². The summed E-state index contributed by atoms with van der Waals surface area (Å²) in [6.45, 7) is 4.66. The van der Waals surface area contributed by atoms with Crippen molar-refractivity contribution in [3.8, 4) is 0 Å². The Morgan fingerprint density at radius 3 is 2.67 bits per heavy atom. The Hall–Kier alpha value is -0.650. The summed E-state index contributed by atoms with van der Waals surface area (Å²) >= 11 is 0. The lowest BCUT2D eigenvalue weighted by molar-refractivity contribution is -0.123. The van der Waals surface area contributed by atoms with Gasteiger partial charge >= 0.3 is 0 Å². The van der Waals surface area contributed by atoms with Gasteiger partial charge < -0.3 is 20.9 Å². The highest BCUT2D eigenvalue weighted by Gasteiger charge is 2.19. The lowest BCUT2D eigenvalue weighted by Crippen LogP contribution is -2.45. The van der Waals surface area contributed by atoms with Gasteiger partial charge in [-0.15, -0.1) is 0 Å². The highest BCUT2D eigenvalue weighted by molar-refractivity contribution is 5.81. The van der Waals surface area contributed by atoms with E-state index in [2.05, 4.69) is 5.32 Å². The third-order valence-electron chi connectivity index (χ3n) is 2.14. The number of carbonyl (C=O) groups is 1. The summed E-state index contributed by atoms with van der Waals surface area (Å²) in [6, 6.07) is -0.542. The molecule has 0 rings (SSSR count). The summed E-state index contributed by atoms with van der Waals surface area (Å²) in [5, 5.41) is 11.7. The summed E-state index contributed by atoms with van der Waals surface area (Å²) in [7, 11) is 1.57. The largest absolute Gasteiger partial charge is 0.396 e. The molecule has 90 valence electrons. The van der Waals surface area contributed by atoms with E-state index in [4.69, 9.17) is 15.6 Å². The number of hydrogen-bond donors (Lipinski definition) is 3. The lowest BCUT2D eigenvalue weighted by atomic mass is 9.95. The Labute approximate surface area is 91.0 Å². The number of ether oxygens (including phenoxy) is 1. The van der Waals surface area contributed by atoms with Gasteiger partial charge in [-0.05, 0) is 6.42 Å². The Morgan fingerprint density at radius 1 is 1.60 bits per heavy atom. The standard InChI is InChI=1S/C10H22N2O3/c1-10(2,7-13)6-12-9(14)8(11)4-5-15-3/h8,13H,4-7,11H2,1-3H3,(H,12,14). The van der Waals surface area contributed by atoms with Gasteiger partial charge in [0.1, 0.15) is 0 Å². The van der Waals surface area contributed by atoms with E-state index >= 15 is 0 Å². The van der Waals surface area contributed by atoms with E-state index in [0.717, 1.165) is 0 Å². The van der Waals surface area contributed by atoms with Gasteiger partial charge in [0.05, 0.1) is 6.04 Å². The van der Waals surface area contributed by atoms with Crippen molar-refractivity contribution < 1.29 is 14.6 Å². The Kier molecular flexibility index (Phi) is 6.47. The molecule has 1 amide bonds. The number of hydrogen-bond acceptors (Lipinski definition) is 4. The average Bonchev–Trinajstić information content (AvgIpc) is 2.22. The van der Waals surface area contributed by atoms with Crippen LogP contribution in [0.1, 0.15) is 20.3 Å². The number of aliphatic hydroxyl groups excluding tert-OH is 1. The maximum absolute atomic E-state index is 11.4. The fourth-order valence-electron chi connectivity index (χ4n) is 0.889. The average molecular weight is 218 g/mol. The molecule has 0 aliphatic heterocycles. The van der Waals surface area contributed by atoms with Crippen LogP contribution in [-0.4, -0.2) is 43.9 Å². The van der Waals surface area contributed by atoms with Crippen LogP contribution in [0.2, 0.25) is 0 Å². The molecule has 5 heteroatoms. The molecule has 5 nitrogen and oxygen atoms in total. The Morgan fingerprint density at radius 2 is 2.20 bits per heavy atom. The molecule has 0 heterocycles. The van der Waals surface area contributed by atoms with Crippen molar-refractivity contribution in [2.24, 2.45) is 11.1 Å². The first-order chi connectivity index (χ1) is 6.93. The maximum atomic E-state index is 11.4. The first kappa shape index (κ1) is 14.3.